The average molecular weight is 284 g/mol. The van der Waals surface area contributed by atoms with Gasteiger partial charge in [0.1, 0.15) is 0 Å². The quantitative estimate of drug-likeness (QED) is 0.509. The number of ether oxygens (including phenoxy) is 2. The summed E-state index contributed by atoms with van der Waals surface area (Å²) in [5, 5.41) is 0. The molecular weight excluding hydrogens is 264 g/mol. The number of carbonyl (C=O) groups excluding carboxylic acids is 2. The van der Waals surface area contributed by atoms with E-state index in [0.717, 1.165) is 0 Å². The normalized spacial score (nSPS) is 13.6. The number of hydrogen-bond acceptors (Lipinski definition) is 4. The van der Waals surface area contributed by atoms with E-state index in [1.54, 1.807) is 24.3 Å². The van der Waals surface area contributed by atoms with Crippen LogP contribution in [0.15, 0.2) is 30.3 Å². The lowest BCUT2D eigenvalue weighted by molar-refractivity contribution is -0.156. The van der Waals surface area contributed by atoms with Crippen LogP contribution < -0.4 is 0 Å². The van der Waals surface area contributed by atoms with Crippen molar-refractivity contribution in [1.29, 1.82) is 0 Å². The minimum atomic E-state index is -1.34. The summed E-state index contributed by atoms with van der Waals surface area (Å²) in [6.45, 7) is 1.95. The largest absolute Gasteiger partial charge is 0.467 e. The first kappa shape index (κ1) is 15.6. The van der Waals surface area contributed by atoms with E-state index in [1.165, 1.54) is 14.2 Å². The van der Waals surface area contributed by atoms with Crippen molar-refractivity contribution >= 4 is 22.8 Å². The molecule has 1 aromatic carbocycles. The van der Waals surface area contributed by atoms with Crippen molar-refractivity contribution in [3.05, 3.63) is 35.9 Å². The van der Waals surface area contributed by atoms with Gasteiger partial charge in [-0.15, -0.1) is 0 Å². The molecule has 0 amide bonds. The van der Waals surface area contributed by atoms with Crippen LogP contribution in [0.5, 0.6) is 0 Å². The zero-order valence-electron chi connectivity index (χ0n) is 11.7. The summed E-state index contributed by atoms with van der Waals surface area (Å²) in [6.07, 6.45) is 1.91. The van der Waals surface area contributed by atoms with E-state index in [0.29, 0.717) is 11.3 Å². The van der Waals surface area contributed by atoms with Crippen molar-refractivity contribution in [1.82, 2.24) is 0 Å². The van der Waals surface area contributed by atoms with Crippen LogP contribution in [0.25, 0.3) is 0 Å². The van der Waals surface area contributed by atoms with E-state index >= 15 is 0 Å². The smallest absolute Gasteiger partial charge is 0.336 e. The molecule has 0 spiro atoms. The Balaban J connectivity index is 3.52. The highest BCUT2D eigenvalue weighted by molar-refractivity contribution is 8.18. The standard InChI is InChI=1S/C14H20O4S/c1-5-19(4)14(12(15)17-2,13(16)18-3)11-9-7-6-8-10-11/h6-10,19H,5H2,1-4H3. The van der Waals surface area contributed by atoms with Gasteiger partial charge in [0.25, 0.3) is 0 Å². The molecule has 0 aromatic heterocycles. The van der Waals surface area contributed by atoms with Gasteiger partial charge in [-0.2, -0.15) is 0 Å². The third kappa shape index (κ3) is 2.61. The molecule has 0 N–H and O–H groups in total. The Morgan fingerprint density at radius 1 is 1.11 bits per heavy atom. The number of carbonyl (C=O) groups is 2. The average Bonchev–Trinajstić information content (AvgIpc) is 2.47. The van der Waals surface area contributed by atoms with Crippen molar-refractivity contribution in [2.45, 2.75) is 11.7 Å². The monoisotopic (exact) mass is 284 g/mol. The van der Waals surface area contributed by atoms with Crippen LogP contribution in [0, 0.1) is 0 Å². The first-order valence-electron chi connectivity index (χ1n) is 5.99. The van der Waals surface area contributed by atoms with Crippen LogP contribution in [0.4, 0.5) is 0 Å². The molecule has 1 unspecified atom stereocenters. The van der Waals surface area contributed by atoms with E-state index in [9.17, 15) is 9.59 Å². The van der Waals surface area contributed by atoms with E-state index in [-0.39, 0.29) is 0 Å². The molecule has 0 saturated carbocycles. The zero-order valence-corrected chi connectivity index (χ0v) is 12.6. The highest BCUT2D eigenvalue weighted by Crippen LogP contribution is 2.48. The lowest BCUT2D eigenvalue weighted by Gasteiger charge is -2.36. The van der Waals surface area contributed by atoms with Gasteiger partial charge in [-0.1, -0.05) is 37.3 Å². The molecular formula is C14H20O4S. The zero-order chi connectivity index (χ0) is 14.5. The Bertz CT molecular complexity index is 428. The molecule has 0 bridgehead atoms. The molecule has 0 aliphatic carbocycles. The molecule has 1 rings (SSSR count). The van der Waals surface area contributed by atoms with Crippen molar-refractivity contribution in [3.8, 4) is 0 Å². The Kier molecular flexibility index (Phi) is 5.42. The van der Waals surface area contributed by atoms with Crippen LogP contribution in [-0.4, -0.2) is 38.2 Å². The lowest BCUT2D eigenvalue weighted by Crippen LogP contribution is -2.45. The molecule has 0 aliphatic heterocycles. The Labute approximate surface area is 116 Å². The van der Waals surface area contributed by atoms with Gasteiger partial charge in [-0.3, -0.25) is 0 Å². The van der Waals surface area contributed by atoms with Gasteiger partial charge in [0.15, 0.2) is 0 Å². The van der Waals surface area contributed by atoms with Crippen LogP contribution in [0.3, 0.4) is 0 Å². The maximum absolute atomic E-state index is 12.3. The molecule has 0 aliphatic rings. The van der Waals surface area contributed by atoms with Crippen LogP contribution >= 0.6 is 10.9 Å². The number of methoxy groups -OCH3 is 2. The highest BCUT2D eigenvalue weighted by Gasteiger charge is 2.52. The summed E-state index contributed by atoms with van der Waals surface area (Å²) < 4.78 is 8.45. The summed E-state index contributed by atoms with van der Waals surface area (Å²) in [5.41, 5.74) is 0.629. The van der Waals surface area contributed by atoms with E-state index in [1.807, 2.05) is 19.2 Å². The molecule has 0 saturated heterocycles. The number of rotatable bonds is 5. The SMILES string of the molecule is CC[SH](C)C(C(=O)OC)(C(=O)OC)c1ccccc1. The van der Waals surface area contributed by atoms with E-state index < -0.39 is 27.6 Å². The van der Waals surface area contributed by atoms with Gasteiger partial charge < -0.3 is 9.47 Å². The van der Waals surface area contributed by atoms with Crippen LogP contribution in [0.1, 0.15) is 12.5 Å². The minimum Gasteiger partial charge on any atom is -0.467 e. The molecule has 5 heteroatoms. The molecule has 4 nitrogen and oxygen atoms in total. The summed E-state index contributed by atoms with van der Waals surface area (Å²) in [7, 11) is 1.65. The minimum absolute atomic E-state index is 0.555. The van der Waals surface area contributed by atoms with Gasteiger partial charge in [-0.25, -0.2) is 20.5 Å². The fourth-order valence-electron chi connectivity index (χ4n) is 2.06. The highest BCUT2D eigenvalue weighted by atomic mass is 32.2. The molecule has 0 radical (unpaired) electrons. The first-order chi connectivity index (χ1) is 9.05. The summed E-state index contributed by atoms with van der Waals surface area (Å²) >= 11 is 0. The van der Waals surface area contributed by atoms with Crippen LogP contribution in [0.2, 0.25) is 0 Å². The maximum Gasteiger partial charge on any atom is 0.336 e. The van der Waals surface area contributed by atoms with Gasteiger partial charge in [0.2, 0.25) is 4.75 Å². The Morgan fingerprint density at radius 3 is 1.95 bits per heavy atom. The molecule has 0 heterocycles. The predicted molar refractivity (Wildman–Crippen MR) is 77.6 cm³/mol. The second-order valence-electron chi connectivity index (χ2n) is 4.07. The summed E-state index contributed by atoms with van der Waals surface area (Å²) in [4.78, 5) is 24.7. The molecule has 106 valence electrons. The second-order valence-corrected chi connectivity index (χ2v) is 6.77. The van der Waals surface area contributed by atoms with Gasteiger partial charge >= 0.3 is 11.9 Å². The fourth-order valence-corrected chi connectivity index (χ4v) is 3.93. The summed E-state index contributed by atoms with van der Waals surface area (Å²) in [6, 6.07) is 8.97. The van der Waals surface area contributed by atoms with Gasteiger partial charge in [0, 0.05) is 0 Å². The van der Waals surface area contributed by atoms with Crippen molar-refractivity contribution in [2.24, 2.45) is 0 Å². The van der Waals surface area contributed by atoms with Crippen molar-refractivity contribution in [3.63, 3.8) is 0 Å². The molecule has 0 fully saturated rings. The third-order valence-electron chi connectivity index (χ3n) is 3.20. The van der Waals surface area contributed by atoms with Crippen LogP contribution in [-0.2, 0) is 23.8 Å². The Morgan fingerprint density at radius 2 is 1.58 bits per heavy atom. The molecule has 1 atom stereocenters. The maximum atomic E-state index is 12.3. The first-order valence-corrected chi connectivity index (χ1v) is 7.96. The van der Waals surface area contributed by atoms with E-state index in [4.69, 9.17) is 9.47 Å². The fraction of sp³-hybridized carbons (Fsp3) is 0.429. The number of thiol groups is 1. The Hall–Kier alpha value is -1.49. The van der Waals surface area contributed by atoms with Crippen molar-refractivity contribution in [2.75, 3.05) is 26.2 Å². The number of benzene rings is 1. The van der Waals surface area contributed by atoms with Crippen molar-refractivity contribution < 1.29 is 19.1 Å². The lowest BCUT2D eigenvalue weighted by atomic mass is 9.98. The predicted octanol–water partition coefficient (Wildman–Crippen LogP) is 1.88. The van der Waals surface area contributed by atoms with Gasteiger partial charge in [-0.05, 0) is 17.6 Å². The third-order valence-corrected chi connectivity index (χ3v) is 5.92. The second kappa shape index (κ2) is 6.61. The number of hydrogen-bond donors (Lipinski definition) is 1. The summed E-state index contributed by atoms with van der Waals surface area (Å²) in [5.74, 6) is -0.393. The van der Waals surface area contributed by atoms with E-state index in [2.05, 4.69) is 0 Å². The van der Waals surface area contributed by atoms with Gasteiger partial charge in [0.05, 0.1) is 14.2 Å². The topological polar surface area (TPSA) is 52.6 Å². The molecule has 1 aromatic rings. The molecule has 19 heavy (non-hydrogen) atoms. The number of esters is 2.